The number of ether oxygens (including phenoxy) is 1. The SMILES string of the molecule is [CH2+]C(/C=C/S(C)(=O)=O)CCC(=O)OCC. The summed E-state index contributed by atoms with van der Waals surface area (Å²) in [6.07, 6.45) is 3.34. The van der Waals surface area contributed by atoms with Crippen LogP contribution >= 0.6 is 0 Å². The van der Waals surface area contributed by atoms with Crippen molar-refractivity contribution >= 4 is 15.8 Å². The Hall–Kier alpha value is -0.970. The van der Waals surface area contributed by atoms with Gasteiger partial charge in [-0.05, 0) is 13.0 Å². The van der Waals surface area contributed by atoms with Gasteiger partial charge >= 0.3 is 5.97 Å². The summed E-state index contributed by atoms with van der Waals surface area (Å²) < 4.78 is 26.3. The number of carbonyl (C=O) groups is 1. The number of esters is 1. The van der Waals surface area contributed by atoms with Gasteiger partial charge in [0.1, 0.15) is 5.92 Å². The van der Waals surface area contributed by atoms with Crippen molar-refractivity contribution in [2.75, 3.05) is 12.9 Å². The highest BCUT2D eigenvalue weighted by Crippen LogP contribution is 2.08. The van der Waals surface area contributed by atoms with E-state index in [4.69, 9.17) is 4.74 Å². The fourth-order valence-corrected chi connectivity index (χ4v) is 1.39. The second kappa shape index (κ2) is 6.50. The molecule has 0 aliphatic heterocycles. The van der Waals surface area contributed by atoms with Crippen LogP contribution in [0.25, 0.3) is 0 Å². The average molecular weight is 233 g/mol. The van der Waals surface area contributed by atoms with Gasteiger partial charge in [0.2, 0.25) is 0 Å². The number of allylic oxidation sites excluding steroid dienone is 1. The lowest BCUT2D eigenvalue weighted by atomic mass is 10.1. The summed E-state index contributed by atoms with van der Waals surface area (Å²) in [4.78, 5) is 11.0. The highest BCUT2D eigenvalue weighted by molar-refractivity contribution is 7.93. The van der Waals surface area contributed by atoms with Crippen molar-refractivity contribution in [2.45, 2.75) is 19.8 Å². The van der Waals surface area contributed by atoms with E-state index in [1.54, 1.807) is 6.92 Å². The van der Waals surface area contributed by atoms with E-state index in [-0.39, 0.29) is 18.3 Å². The molecule has 0 aromatic heterocycles. The number of hydrogen-bond acceptors (Lipinski definition) is 4. The Morgan fingerprint density at radius 2 is 2.13 bits per heavy atom. The van der Waals surface area contributed by atoms with Crippen molar-refractivity contribution in [3.8, 4) is 0 Å². The van der Waals surface area contributed by atoms with Crippen LogP contribution in [0, 0.1) is 12.8 Å². The van der Waals surface area contributed by atoms with E-state index in [0.29, 0.717) is 13.0 Å². The molecule has 86 valence electrons. The summed E-state index contributed by atoms with van der Waals surface area (Å²) in [7, 11) is -3.10. The fourth-order valence-electron chi connectivity index (χ4n) is 0.886. The van der Waals surface area contributed by atoms with Gasteiger partial charge in [0.25, 0.3) is 0 Å². The molecule has 0 heterocycles. The molecule has 0 amide bonds. The van der Waals surface area contributed by atoms with Gasteiger partial charge in [-0.3, -0.25) is 4.79 Å². The number of hydrogen-bond donors (Lipinski definition) is 0. The Bertz CT molecular complexity index is 316. The molecule has 0 N–H and O–H groups in total. The zero-order chi connectivity index (χ0) is 11.9. The summed E-state index contributed by atoms with van der Waals surface area (Å²) in [6.45, 7) is 5.81. The summed E-state index contributed by atoms with van der Waals surface area (Å²) in [5.74, 6) is -0.469. The van der Waals surface area contributed by atoms with Gasteiger partial charge < -0.3 is 4.74 Å². The maximum absolute atomic E-state index is 11.0. The Morgan fingerprint density at radius 1 is 1.53 bits per heavy atom. The van der Waals surface area contributed by atoms with Crippen LogP contribution in [-0.4, -0.2) is 27.2 Å². The molecule has 0 radical (unpaired) electrons. The first kappa shape index (κ1) is 14.0. The fraction of sp³-hybridized carbons (Fsp3) is 0.600. The van der Waals surface area contributed by atoms with Crippen molar-refractivity contribution < 1.29 is 17.9 Å². The molecule has 4 nitrogen and oxygen atoms in total. The maximum Gasteiger partial charge on any atom is 0.305 e. The monoisotopic (exact) mass is 233 g/mol. The number of rotatable bonds is 6. The topological polar surface area (TPSA) is 60.4 Å². The van der Waals surface area contributed by atoms with E-state index in [9.17, 15) is 13.2 Å². The lowest BCUT2D eigenvalue weighted by Gasteiger charge is -2.01. The first-order valence-corrected chi connectivity index (χ1v) is 6.67. The second-order valence-electron chi connectivity index (χ2n) is 3.26. The molecular weight excluding hydrogens is 216 g/mol. The van der Waals surface area contributed by atoms with Crippen LogP contribution in [0.15, 0.2) is 11.5 Å². The molecule has 0 spiro atoms. The Balaban J connectivity index is 3.90. The van der Waals surface area contributed by atoms with E-state index >= 15 is 0 Å². The van der Waals surface area contributed by atoms with Crippen molar-refractivity contribution in [3.63, 3.8) is 0 Å². The molecule has 0 saturated heterocycles. The van der Waals surface area contributed by atoms with Gasteiger partial charge in [-0.25, -0.2) is 8.42 Å². The van der Waals surface area contributed by atoms with Crippen molar-refractivity contribution in [1.82, 2.24) is 0 Å². The lowest BCUT2D eigenvalue weighted by molar-refractivity contribution is -0.143. The molecule has 1 atom stereocenters. The quantitative estimate of drug-likeness (QED) is 0.513. The highest BCUT2D eigenvalue weighted by atomic mass is 32.2. The standard InChI is InChI=1S/C10H17O4S/c1-4-14-10(11)6-5-9(2)7-8-15(3,12)13/h7-9H,2,4-6H2,1,3H3/q+1/b8-7+. The third-order valence-corrected chi connectivity index (χ3v) is 2.27. The molecular formula is C10H17O4S+. The van der Waals surface area contributed by atoms with Crippen LogP contribution in [0.1, 0.15) is 19.8 Å². The third kappa shape index (κ3) is 9.34. The number of carbonyl (C=O) groups excluding carboxylic acids is 1. The van der Waals surface area contributed by atoms with E-state index in [0.717, 1.165) is 11.7 Å². The van der Waals surface area contributed by atoms with Crippen LogP contribution in [0.2, 0.25) is 0 Å². The molecule has 1 unspecified atom stereocenters. The van der Waals surface area contributed by atoms with Crippen molar-refractivity contribution in [2.24, 2.45) is 5.92 Å². The largest absolute Gasteiger partial charge is 0.466 e. The van der Waals surface area contributed by atoms with Crippen LogP contribution in [0.3, 0.4) is 0 Å². The summed E-state index contributed by atoms with van der Waals surface area (Å²) in [5, 5.41) is 1.11. The molecule has 0 bridgehead atoms. The lowest BCUT2D eigenvalue weighted by Crippen LogP contribution is -2.05. The molecule has 0 fully saturated rings. The van der Waals surface area contributed by atoms with Crippen molar-refractivity contribution in [1.29, 1.82) is 0 Å². The predicted molar refractivity (Wildman–Crippen MR) is 58.7 cm³/mol. The Labute approximate surface area is 91.2 Å². The van der Waals surface area contributed by atoms with Gasteiger partial charge in [-0.15, -0.1) is 0 Å². The van der Waals surface area contributed by atoms with E-state index in [1.807, 2.05) is 0 Å². The zero-order valence-electron chi connectivity index (χ0n) is 9.10. The first-order chi connectivity index (χ1) is 6.85. The molecule has 0 rings (SSSR count). The minimum atomic E-state index is -3.10. The highest BCUT2D eigenvalue weighted by Gasteiger charge is 2.09. The summed E-state index contributed by atoms with van der Waals surface area (Å²) >= 11 is 0. The van der Waals surface area contributed by atoms with Crippen LogP contribution in [-0.2, 0) is 19.4 Å². The van der Waals surface area contributed by atoms with Crippen molar-refractivity contribution in [3.05, 3.63) is 18.4 Å². The third-order valence-electron chi connectivity index (χ3n) is 1.62. The van der Waals surface area contributed by atoms with Gasteiger partial charge in [-0.2, -0.15) is 0 Å². The predicted octanol–water partition coefficient (Wildman–Crippen LogP) is 1.34. The van der Waals surface area contributed by atoms with Crippen LogP contribution in [0.4, 0.5) is 0 Å². The molecule has 0 aliphatic carbocycles. The average Bonchev–Trinajstić information content (AvgIpc) is 2.11. The van der Waals surface area contributed by atoms with Crippen LogP contribution in [0.5, 0.6) is 0 Å². The smallest absolute Gasteiger partial charge is 0.305 e. The Morgan fingerprint density at radius 3 is 2.60 bits per heavy atom. The Kier molecular flexibility index (Phi) is 6.08. The van der Waals surface area contributed by atoms with E-state index in [1.165, 1.54) is 6.08 Å². The van der Waals surface area contributed by atoms with E-state index in [2.05, 4.69) is 6.92 Å². The van der Waals surface area contributed by atoms with Crippen LogP contribution < -0.4 is 0 Å². The van der Waals surface area contributed by atoms with Gasteiger partial charge in [-0.1, -0.05) is 0 Å². The number of sulfone groups is 1. The molecule has 5 heteroatoms. The minimum Gasteiger partial charge on any atom is -0.466 e. The maximum atomic E-state index is 11.0. The first-order valence-electron chi connectivity index (χ1n) is 4.72. The zero-order valence-corrected chi connectivity index (χ0v) is 9.92. The van der Waals surface area contributed by atoms with E-state index < -0.39 is 9.84 Å². The minimum absolute atomic E-state index is 0.191. The summed E-state index contributed by atoms with van der Waals surface area (Å²) in [5.41, 5.74) is 0. The van der Waals surface area contributed by atoms with Gasteiger partial charge in [0.15, 0.2) is 9.84 Å². The molecule has 0 saturated carbocycles. The molecule has 0 aromatic carbocycles. The second-order valence-corrected chi connectivity index (χ2v) is 5.19. The molecule has 0 aliphatic rings. The normalized spacial score (nSPS) is 14.0. The molecule has 15 heavy (non-hydrogen) atoms. The summed E-state index contributed by atoms with van der Waals surface area (Å²) in [6, 6.07) is 0. The van der Waals surface area contributed by atoms with Gasteiger partial charge in [0, 0.05) is 18.1 Å². The molecule has 0 aromatic rings. The van der Waals surface area contributed by atoms with Gasteiger partial charge in [0.05, 0.1) is 20.0 Å².